The number of hydrogen-bond acceptors (Lipinski definition) is 6. The van der Waals surface area contributed by atoms with Crippen molar-refractivity contribution in [3.05, 3.63) is 65.8 Å². The number of ether oxygens (including phenoxy) is 2. The Morgan fingerprint density at radius 1 is 1.29 bits per heavy atom. The Labute approximate surface area is 163 Å². The zero-order valence-corrected chi connectivity index (χ0v) is 15.9. The van der Waals surface area contributed by atoms with Crippen LogP contribution in [0.2, 0.25) is 0 Å². The molecule has 28 heavy (non-hydrogen) atoms. The third kappa shape index (κ3) is 4.82. The highest BCUT2D eigenvalue weighted by molar-refractivity contribution is 5.93. The quantitative estimate of drug-likeness (QED) is 0.589. The maximum absolute atomic E-state index is 12.4. The predicted molar refractivity (Wildman–Crippen MR) is 107 cm³/mol. The van der Waals surface area contributed by atoms with E-state index in [9.17, 15) is 4.79 Å². The van der Waals surface area contributed by atoms with E-state index >= 15 is 0 Å². The summed E-state index contributed by atoms with van der Waals surface area (Å²) in [4.78, 5) is 20.8. The van der Waals surface area contributed by atoms with Crippen molar-refractivity contribution < 1.29 is 14.3 Å². The predicted octanol–water partition coefficient (Wildman–Crippen LogP) is 3.51. The minimum atomic E-state index is -0.433. The number of rotatable bonds is 7. The van der Waals surface area contributed by atoms with Gasteiger partial charge in [0.1, 0.15) is 17.2 Å². The summed E-state index contributed by atoms with van der Waals surface area (Å²) >= 11 is 0. The van der Waals surface area contributed by atoms with Crippen molar-refractivity contribution >= 4 is 12.1 Å². The van der Waals surface area contributed by atoms with Gasteiger partial charge in [0.05, 0.1) is 38.0 Å². The molecule has 1 aliphatic carbocycles. The van der Waals surface area contributed by atoms with Gasteiger partial charge in [0.25, 0.3) is 5.91 Å². The summed E-state index contributed by atoms with van der Waals surface area (Å²) in [6.45, 7) is 2.54. The second kappa shape index (κ2) is 9.45. The van der Waals surface area contributed by atoms with Gasteiger partial charge in [-0.25, -0.2) is 10.4 Å². The maximum Gasteiger partial charge on any atom is 0.291 e. The van der Waals surface area contributed by atoms with Crippen molar-refractivity contribution in [1.82, 2.24) is 15.4 Å². The normalized spacial score (nSPS) is 13.6. The molecule has 7 heteroatoms. The molecule has 3 rings (SSSR count). The number of carbonyl (C=O) groups excluding carboxylic acids is 1. The molecule has 0 fully saturated rings. The molecular weight excluding hydrogens is 356 g/mol. The number of hydrogen-bond donors (Lipinski definition) is 1. The molecule has 0 saturated carbocycles. The second-order valence-electron chi connectivity index (χ2n) is 5.97. The number of benzene rings is 1. The number of amides is 1. The lowest BCUT2D eigenvalue weighted by molar-refractivity contribution is 0.0950. The zero-order valence-electron chi connectivity index (χ0n) is 15.9. The van der Waals surface area contributed by atoms with Crippen molar-refractivity contribution in [1.29, 1.82) is 0 Å². The smallest absolute Gasteiger partial charge is 0.291 e. The van der Waals surface area contributed by atoms with Gasteiger partial charge in [-0.1, -0.05) is 12.2 Å². The topological polar surface area (TPSA) is 85.7 Å². The van der Waals surface area contributed by atoms with Crippen molar-refractivity contribution in [3.63, 3.8) is 0 Å². The number of allylic oxidation sites excluding steroid dienone is 4. The number of nitrogens with one attached hydrogen (secondary N) is 1. The molecule has 0 radical (unpaired) electrons. The van der Waals surface area contributed by atoms with E-state index < -0.39 is 5.91 Å². The fourth-order valence-corrected chi connectivity index (χ4v) is 2.70. The van der Waals surface area contributed by atoms with Gasteiger partial charge in [-0.05, 0) is 37.6 Å². The average Bonchev–Trinajstić information content (AvgIpc) is 2.75. The average molecular weight is 378 g/mol. The van der Waals surface area contributed by atoms with Crippen LogP contribution in [-0.4, -0.2) is 35.8 Å². The third-order valence-electron chi connectivity index (χ3n) is 4.10. The molecular formula is C21H22N4O3. The molecule has 0 aliphatic heterocycles. The summed E-state index contributed by atoms with van der Waals surface area (Å²) in [6.07, 6.45) is 10.3. The monoisotopic (exact) mass is 378 g/mol. The number of nitrogens with zero attached hydrogens (tertiary/aromatic N) is 3. The van der Waals surface area contributed by atoms with Crippen LogP contribution >= 0.6 is 0 Å². The van der Waals surface area contributed by atoms with Gasteiger partial charge >= 0.3 is 0 Å². The van der Waals surface area contributed by atoms with E-state index in [-0.39, 0.29) is 5.69 Å². The zero-order chi connectivity index (χ0) is 19.8. The van der Waals surface area contributed by atoms with Gasteiger partial charge in [-0.3, -0.25) is 9.78 Å². The van der Waals surface area contributed by atoms with Crippen LogP contribution in [0.5, 0.6) is 5.75 Å². The van der Waals surface area contributed by atoms with Crippen LogP contribution in [0.4, 0.5) is 0 Å². The van der Waals surface area contributed by atoms with Gasteiger partial charge in [0.15, 0.2) is 0 Å². The van der Waals surface area contributed by atoms with E-state index in [0.717, 1.165) is 35.5 Å². The molecule has 7 nitrogen and oxygen atoms in total. The summed E-state index contributed by atoms with van der Waals surface area (Å²) in [5.74, 6) is 1.19. The molecule has 1 aromatic carbocycles. The molecule has 1 amide bonds. The van der Waals surface area contributed by atoms with Crippen molar-refractivity contribution in [2.75, 3.05) is 13.7 Å². The molecule has 1 aromatic heterocycles. The molecule has 0 bridgehead atoms. The standard InChI is InChI=1S/C21H22N4O3/c1-3-28-20-7-5-4-6-16(20)12-23-25-21(26)19-14-22-13-18(24-19)15-8-10-17(27-2)11-9-15/h4,6,8-14H,3,5,7H2,1-2H3,(H,25,26)/b23-12+. The Hall–Kier alpha value is -3.48. The van der Waals surface area contributed by atoms with E-state index in [1.54, 1.807) is 19.5 Å². The first-order valence-electron chi connectivity index (χ1n) is 9.03. The largest absolute Gasteiger partial charge is 0.498 e. The first-order valence-corrected chi connectivity index (χ1v) is 9.03. The molecule has 144 valence electrons. The van der Waals surface area contributed by atoms with E-state index in [2.05, 4.69) is 26.6 Å². The number of methoxy groups -OCH3 is 1. The van der Waals surface area contributed by atoms with Crippen LogP contribution in [0.15, 0.2) is 65.2 Å². The second-order valence-corrected chi connectivity index (χ2v) is 5.97. The van der Waals surface area contributed by atoms with Crippen LogP contribution in [0.3, 0.4) is 0 Å². The SMILES string of the molecule is CCOC1=C(/C=N/NC(=O)c2cncc(-c3ccc(OC)cc3)n2)C=CCC1. The summed E-state index contributed by atoms with van der Waals surface area (Å²) < 4.78 is 10.8. The molecule has 1 N–H and O–H groups in total. The molecule has 1 aliphatic rings. The van der Waals surface area contributed by atoms with Gasteiger partial charge < -0.3 is 9.47 Å². The van der Waals surface area contributed by atoms with Crippen LogP contribution < -0.4 is 10.2 Å². The molecule has 0 unspecified atom stereocenters. The Morgan fingerprint density at radius 3 is 2.86 bits per heavy atom. The third-order valence-corrected chi connectivity index (χ3v) is 4.10. The van der Waals surface area contributed by atoms with E-state index in [1.807, 2.05) is 37.3 Å². The maximum atomic E-state index is 12.4. The minimum Gasteiger partial charge on any atom is -0.498 e. The van der Waals surface area contributed by atoms with Gasteiger partial charge in [0, 0.05) is 17.6 Å². The minimum absolute atomic E-state index is 0.184. The lowest BCUT2D eigenvalue weighted by atomic mass is 10.1. The fraction of sp³-hybridized carbons (Fsp3) is 0.238. The lowest BCUT2D eigenvalue weighted by Crippen LogP contribution is -2.19. The number of carbonyl (C=O) groups is 1. The molecule has 2 aromatic rings. The Kier molecular flexibility index (Phi) is 6.51. The lowest BCUT2D eigenvalue weighted by Gasteiger charge is -2.13. The highest BCUT2D eigenvalue weighted by Gasteiger charge is 2.11. The summed E-state index contributed by atoms with van der Waals surface area (Å²) in [7, 11) is 1.61. The molecule has 0 atom stereocenters. The van der Waals surface area contributed by atoms with E-state index in [1.165, 1.54) is 6.20 Å². The van der Waals surface area contributed by atoms with Crippen LogP contribution in [-0.2, 0) is 4.74 Å². The number of aromatic nitrogens is 2. The van der Waals surface area contributed by atoms with Crippen molar-refractivity contribution in [2.45, 2.75) is 19.8 Å². The van der Waals surface area contributed by atoms with Gasteiger partial charge in [-0.2, -0.15) is 5.10 Å². The highest BCUT2D eigenvalue weighted by Crippen LogP contribution is 2.20. The van der Waals surface area contributed by atoms with Crippen LogP contribution in [0.1, 0.15) is 30.3 Å². The summed E-state index contributed by atoms with van der Waals surface area (Å²) in [5, 5.41) is 4.03. The first-order chi connectivity index (χ1) is 13.7. The Morgan fingerprint density at radius 2 is 2.11 bits per heavy atom. The fourth-order valence-electron chi connectivity index (χ4n) is 2.70. The van der Waals surface area contributed by atoms with E-state index in [4.69, 9.17) is 9.47 Å². The highest BCUT2D eigenvalue weighted by atomic mass is 16.5. The number of hydrazone groups is 1. The van der Waals surface area contributed by atoms with Gasteiger partial charge in [-0.15, -0.1) is 0 Å². The Balaban J connectivity index is 1.70. The molecule has 0 saturated heterocycles. The van der Waals surface area contributed by atoms with Crippen LogP contribution in [0, 0.1) is 0 Å². The van der Waals surface area contributed by atoms with E-state index in [0.29, 0.717) is 12.3 Å². The summed E-state index contributed by atoms with van der Waals surface area (Å²) in [6, 6.07) is 7.38. The Bertz CT molecular complexity index is 918. The van der Waals surface area contributed by atoms with Crippen LogP contribution in [0.25, 0.3) is 11.3 Å². The first kappa shape index (κ1) is 19.3. The van der Waals surface area contributed by atoms with Crippen molar-refractivity contribution in [3.8, 4) is 17.0 Å². The summed E-state index contributed by atoms with van der Waals surface area (Å²) in [5.41, 5.74) is 4.96. The van der Waals surface area contributed by atoms with Crippen molar-refractivity contribution in [2.24, 2.45) is 5.10 Å². The van der Waals surface area contributed by atoms with Gasteiger partial charge in [0.2, 0.25) is 0 Å². The molecule has 1 heterocycles. The molecule has 0 spiro atoms.